The van der Waals surface area contributed by atoms with E-state index in [1.165, 1.54) is 35.1 Å². The zero-order valence-corrected chi connectivity index (χ0v) is 16.8. The van der Waals surface area contributed by atoms with Gasteiger partial charge in [0.1, 0.15) is 15.7 Å². The topological polar surface area (TPSA) is 46.1 Å². The van der Waals surface area contributed by atoms with E-state index in [0.29, 0.717) is 17.6 Å². The number of carbonyl (C=O) groups is 1. The maximum Gasteiger partial charge on any atom is 0.233 e. The number of aromatic nitrogens is 2. The molecule has 3 heterocycles. The quantitative estimate of drug-likeness (QED) is 0.599. The van der Waals surface area contributed by atoms with Gasteiger partial charge in [0.25, 0.3) is 0 Å². The summed E-state index contributed by atoms with van der Waals surface area (Å²) in [6.45, 7) is 8.24. The average Bonchev–Trinajstić information content (AvgIpc) is 3.11. The van der Waals surface area contributed by atoms with Crippen LogP contribution in [0.15, 0.2) is 5.03 Å². The molecule has 4 rings (SSSR count). The van der Waals surface area contributed by atoms with E-state index in [1.807, 2.05) is 18.3 Å². The number of hydrogen-bond donors (Lipinski definition) is 0. The minimum absolute atomic E-state index is 0.250. The van der Waals surface area contributed by atoms with Crippen molar-refractivity contribution in [2.24, 2.45) is 11.8 Å². The van der Waals surface area contributed by atoms with Crippen LogP contribution < -0.4 is 0 Å². The summed E-state index contributed by atoms with van der Waals surface area (Å²) in [7, 11) is 0. The summed E-state index contributed by atoms with van der Waals surface area (Å²) < 4.78 is 0. The molecule has 0 saturated carbocycles. The number of likely N-dealkylation sites (tertiary alicyclic amines) is 1. The van der Waals surface area contributed by atoms with Crippen molar-refractivity contribution in [3.63, 3.8) is 0 Å². The van der Waals surface area contributed by atoms with Crippen molar-refractivity contribution in [3.8, 4) is 0 Å². The number of fused-ring (bicyclic) bond motifs is 3. The predicted octanol–water partition coefficient (Wildman–Crippen LogP) is 4.09. The summed E-state index contributed by atoms with van der Waals surface area (Å²) in [6.07, 6.45) is 4.76. The number of hydrogen-bond acceptors (Lipinski definition) is 5. The minimum atomic E-state index is 0.250. The number of amides is 1. The molecule has 4 nitrogen and oxygen atoms in total. The van der Waals surface area contributed by atoms with Crippen LogP contribution in [-0.2, 0) is 17.6 Å². The number of thiophene rings is 1. The molecule has 0 aromatic carbocycles. The smallest absolute Gasteiger partial charge is 0.233 e. The van der Waals surface area contributed by atoms with Crippen LogP contribution in [0, 0.1) is 18.8 Å². The Morgan fingerprint density at radius 2 is 2.00 bits per heavy atom. The highest BCUT2D eigenvalue weighted by Crippen LogP contribution is 2.40. The Morgan fingerprint density at radius 1 is 1.24 bits per heavy atom. The molecule has 2 aromatic heterocycles. The van der Waals surface area contributed by atoms with Gasteiger partial charge in [0.15, 0.2) is 0 Å². The first-order valence-electron chi connectivity index (χ1n) is 9.20. The molecular weight excluding hydrogens is 350 g/mol. The standard InChI is InChI=1S/C19H25N3OS2/c1-11-7-12(2)9-22(8-11)16(23)10-24-18-17-14-5-4-6-15(14)25-19(17)21-13(3)20-18/h11-12H,4-10H2,1-3H3/t11-,12-/m0/s1. The summed E-state index contributed by atoms with van der Waals surface area (Å²) in [6, 6.07) is 0. The van der Waals surface area contributed by atoms with Crippen LogP contribution in [0.2, 0.25) is 0 Å². The molecule has 1 aliphatic carbocycles. The molecule has 0 spiro atoms. The van der Waals surface area contributed by atoms with Crippen LogP contribution in [-0.4, -0.2) is 39.6 Å². The lowest BCUT2D eigenvalue weighted by atomic mass is 9.92. The van der Waals surface area contributed by atoms with E-state index in [9.17, 15) is 4.79 Å². The monoisotopic (exact) mass is 375 g/mol. The van der Waals surface area contributed by atoms with Crippen molar-refractivity contribution >= 4 is 39.2 Å². The first-order valence-corrected chi connectivity index (χ1v) is 11.0. The first kappa shape index (κ1) is 17.3. The Morgan fingerprint density at radius 3 is 2.76 bits per heavy atom. The molecule has 0 bridgehead atoms. The van der Waals surface area contributed by atoms with E-state index in [4.69, 9.17) is 0 Å². The van der Waals surface area contributed by atoms with Crippen LogP contribution >= 0.6 is 23.1 Å². The zero-order valence-electron chi connectivity index (χ0n) is 15.2. The number of piperidine rings is 1. The van der Waals surface area contributed by atoms with Gasteiger partial charge in [0.2, 0.25) is 5.91 Å². The molecule has 1 aliphatic heterocycles. The summed E-state index contributed by atoms with van der Waals surface area (Å²) >= 11 is 3.42. The van der Waals surface area contributed by atoms with Crippen LogP contribution in [0.4, 0.5) is 0 Å². The van der Waals surface area contributed by atoms with Gasteiger partial charge < -0.3 is 4.90 Å². The molecule has 0 unspecified atom stereocenters. The van der Waals surface area contributed by atoms with Crippen LogP contribution in [0.3, 0.4) is 0 Å². The predicted molar refractivity (Wildman–Crippen MR) is 104 cm³/mol. The molecule has 134 valence electrons. The third-order valence-corrected chi connectivity index (χ3v) is 7.34. The molecule has 6 heteroatoms. The molecule has 2 atom stereocenters. The summed E-state index contributed by atoms with van der Waals surface area (Å²) in [5.41, 5.74) is 1.44. The van der Waals surface area contributed by atoms with Crippen molar-refractivity contribution in [2.45, 2.75) is 51.5 Å². The van der Waals surface area contributed by atoms with Crippen LogP contribution in [0.25, 0.3) is 10.2 Å². The number of rotatable bonds is 3. The fourth-order valence-electron chi connectivity index (χ4n) is 4.26. The Bertz CT molecular complexity index is 807. The van der Waals surface area contributed by atoms with E-state index in [0.717, 1.165) is 35.2 Å². The third kappa shape index (κ3) is 3.43. The maximum absolute atomic E-state index is 12.7. The fourth-order valence-corrected chi connectivity index (χ4v) is 6.63. The maximum atomic E-state index is 12.7. The Kier molecular flexibility index (Phi) is 4.75. The molecular formula is C19H25N3OS2. The van der Waals surface area contributed by atoms with Gasteiger partial charge in [-0.15, -0.1) is 11.3 Å². The van der Waals surface area contributed by atoms with Crippen LogP contribution in [0.1, 0.15) is 43.0 Å². The molecule has 0 radical (unpaired) electrons. The van der Waals surface area contributed by atoms with Gasteiger partial charge in [0.05, 0.1) is 5.75 Å². The van der Waals surface area contributed by atoms with Gasteiger partial charge >= 0.3 is 0 Å². The Balaban J connectivity index is 1.54. The second kappa shape index (κ2) is 6.88. The largest absolute Gasteiger partial charge is 0.341 e. The van der Waals surface area contributed by atoms with Crippen molar-refractivity contribution in [3.05, 3.63) is 16.3 Å². The highest BCUT2D eigenvalue weighted by Gasteiger charge is 2.26. The van der Waals surface area contributed by atoms with E-state index in [2.05, 4.69) is 28.7 Å². The number of aryl methyl sites for hydroxylation is 3. The third-order valence-electron chi connectivity index (χ3n) is 5.20. The second-order valence-electron chi connectivity index (χ2n) is 7.65. The van der Waals surface area contributed by atoms with Crippen LogP contribution in [0.5, 0.6) is 0 Å². The molecule has 2 aromatic rings. The highest BCUT2D eigenvalue weighted by atomic mass is 32.2. The van der Waals surface area contributed by atoms with E-state index < -0.39 is 0 Å². The zero-order chi connectivity index (χ0) is 17.6. The normalized spacial score (nSPS) is 23.2. The molecule has 1 saturated heterocycles. The van der Waals surface area contributed by atoms with Gasteiger partial charge in [-0.25, -0.2) is 9.97 Å². The summed E-state index contributed by atoms with van der Waals surface area (Å²) in [4.78, 5) is 26.7. The van der Waals surface area contributed by atoms with Crippen molar-refractivity contribution in [2.75, 3.05) is 18.8 Å². The fraction of sp³-hybridized carbons (Fsp3) is 0.632. The van der Waals surface area contributed by atoms with Crippen molar-refractivity contribution < 1.29 is 4.79 Å². The number of thioether (sulfide) groups is 1. The van der Waals surface area contributed by atoms with Gasteiger partial charge in [-0.2, -0.15) is 0 Å². The van der Waals surface area contributed by atoms with Crippen molar-refractivity contribution in [1.82, 2.24) is 14.9 Å². The van der Waals surface area contributed by atoms with E-state index >= 15 is 0 Å². The van der Waals surface area contributed by atoms with Gasteiger partial charge in [-0.05, 0) is 50.0 Å². The lowest BCUT2D eigenvalue weighted by Gasteiger charge is -2.35. The van der Waals surface area contributed by atoms with E-state index in [-0.39, 0.29) is 5.91 Å². The minimum Gasteiger partial charge on any atom is -0.341 e. The Hall–Kier alpha value is -1.14. The van der Waals surface area contributed by atoms with Gasteiger partial charge in [-0.3, -0.25) is 4.79 Å². The molecule has 0 N–H and O–H groups in total. The second-order valence-corrected chi connectivity index (χ2v) is 9.69. The highest BCUT2D eigenvalue weighted by molar-refractivity contribution is 8.00. The lowest BCUT2D eigenvalue weighted by molar-refractivity contribution is -0.130. The summed E-state index contributed by atoms with van der Waals surface area (Å²) in [5, 5.41) is 2.23. The SMILES string of the molecule is Cc1nc(SCC(=O)N2C[C@@H](C)C[C@H](C)C2)c2c3c(sc2n1)CCC3. The first-order chi connectivity index (χ1) is 12.0. The lowest BCUT2D eigenvalue weighted by Crippen LogP contribution is -2.43. The molecule has 2 aliphatic rings. The number of nitrogens with zero attached hydrogens (tertiary/aromatic N) is 3. The molecule has 1 amide bonds. The van der Waals surface area contributed by atoms with Gasteiger partial charge in [0, 0.05) is 23.4 Å². The molecule has 25 heavy (non-hydrogen) atoms. The van der Waals surface area contributed by atoms with Gasteiger partial charge in [-0.1, -0.05) is 25.6 Å². The van der Waals surface area contributed by atoms with Crippen molar-refractivity contribution in [1.29, 1.82) is 0 Å². The Labute approximate surface area is 157 Å². The van der Waals surface area contributed by atoms with E-state index in [1.54, 1.807) is 11.8 Å². The number of carbonyl (C=O) groups excluding carboxylic acids is 1. The average molecular weight is 376 g/mol. The molecule has 1 fully saturated rings. The summed E-state index contributed by atoms with van der Waals surface area (Å²) in [5.74, 6) is 2.74.